The van der Waals surface area contributed by atoms with Gasteiger partial charge in [0.1, 0.15) is 5.75 Å². The van der Waals surface area contributed by atoms with Gasteiger partial charge in [0, 0.05) is 16.6 Å². The minimum atomic E-state index is -0.438. The second kappa shape index (κ2) is 5.43. The van der Waals surface area contributed by atoms with Crippen molar-refractivity contribution in [1.82, 2.24) is 9.78 Å². The van der Waals surface area contributed by atoms with Crippen LogP contribution in [-0.4, -0.2) is 15.7 Å². The van der Waals surface area contributed by atoms with Crippen molar-refractivity contribution in [2.24, 2.45) is 0 Å². The number of hydrogen-bond acceptors (Lipinski definition) is 3. The van der Waals surface area contributed by atoms with Crippen molar-refractivity contribution < 1.29 is 9.53 Å². The molecule has 0 bridgehead atoms. The number of aromatic nitrogens is 2. The SMILES string of the molecule is CC(C)(C)n1nc(C(=O)Oc2ccc(Cl)cc2)cc1C1CC1. The maximum atomic E-state index is 12.3. The van der Waals surface area contributed by atoms with Gasteiger partial charge >= 0.3 is 5.97 Å². The van der Waals surface area contributed by atoms with Crippen LogP contribution in [0.15, 0.2) is 30.3 Å². The van der Waals surface area contributed by atoms with E-state index in [0.717, 1.165) is 18.5 Å². The Balaban J connectivity index is 1.85. The predicted molar refractivity (Wildman–Crippen MR) is 85.6 cm³/mol. The van der Waals surface area contributed by atoms with E-state index in [1.807, 2.05) is 10.7 Å². The summed E-state index contributed by atoms with van der Waals surface area (Å²) in [6.45, 7) is 6.25. The Bertz CT molecular complexity index is 694. The lowest BCUT2D eigenvalue weighted by molar-refractivity contribution is 0.0727. The third-order valence-corrected chi connectivity index (χ3v) is 3.85. The number of carbonyl (C=O) groups excluding carboxylic acids is 1. The number of esters is 1. The lowest BCUT2D eigenvalue weighted by Crippen LogP contribution is -2.25. The van der Waals surface area contributed by atoms with E-state index in [1.54, 1.807) is 24.3 Å². The molecule has 116 valence electrons. The fourth-order valence-electron chi connectivity index (χ4n) is 2.36. The van der Waals surface area contributed by atoms with Gasteiger partial charge in [-0.1, -0.05) is 11.6 Å². The van der Waals surface area contributed by atoms with Crippen LogP contribution >= 0.6 is 11.6 Å². The Morgan fingerprint density at radius 2 is 1.91 bits per heavy atom. The first-order valence-electron chi connectivity index (χ1n) is 7.43. The minimum absolute atomic E-state index is 0.156. The van der Waals surface area contributed by atoms with Crippen molar-refractivity contribution in [1.29, 1.82) is 0 Å². The number of benzene rings is 1. The van der Waals surface area contributed by atoms with Crippen LogP contribution in [0.5, 0.6) is 5.75 Å². The molecule has 0 spiro atoms. The number of carbonyl (C=O) groups is 1. The molecule has 5 heteroatoms. The Labute approximate surface area is 135 Å². The van der Waals surface area contributed by atoms with E-state index in [2.05, 4.69) is 25.9 Å². The Hall–Kier alpha value is -1.81. The largest absolute Gasteiger partial charge is 0.422 e. The molecule has 1 aromatic heterocycles. The van der Waals surface area contributed by atoms with Crippen LogP contribution in [0.4, 0.5) is 0 Å². The van der Waals surface area contributed by atoms with Crippen molar-refractivity contribution >= 4 is 17.6 Å². The van der Waals surface area contributed by atoms with E-state index in [9.17, 15) is 4.79 Å². The highest BCUT2D eigenvalue weighted by Crippen LogP contribution is 2.41. The summed E-state index contributed by atoms with van der Waals surface area (Å²) < 4.78 is 7.31. The molecule has 1 heterocycles. The molecule has 1 aliphatic rings. The smallest absolute Gasteiger partial charge is 0.364 e. The average Bonchev–Trinajstić information content (AvgIpc) is 3.18. The van der Waals surface area contributed by atoms with Crippen LogP contribution in [0.3, 0.4) is 0 Å². The topological polar surface area (TPSA) is 44.1 Å². The van der Waals surface area contributed by atoms with Crippen molar-refractivity contribution in [2.75, 3.05) is 0 Å². The fraction of sp³-hybridized carbons (Fsp3) is 0.412. The molecule has 22 heavy (non-hydrogen) atoms. The molecule has 0 N–H and O–H groups in total. The maximum Gasteiger partial charge on any atom is 0.364 e. The summed E-state index contributed by atoms with van der Waals surface area (Å²) in [6, 6.07) is 8.58. The van der Waals surface area contributed by atoms with Gasteiger partial charge in [-0.15, -0.1) is 0 Å². The number of rotatable bonds is 3. The quantitative estimate of drug-likeness (QED) is 0.623. The van der Waals surface area contributed by atoms with E-state index in [-0.39, 0.29) is 5.54 Å². The molecule has 0 aliphatic heterocycles. The summed E-state index contributed by atoms with van der Waals surface area (Å²) >= 11 is 5.83. The molecular weight excluding hydrogens is 300 g/mol. The number of hydrogen-bond donors (Lipinski definition) is 0. The first-order valence-corrected chi connectivity index (χ1v) is 7.80. The van der Waals surface area contributed by atoms with E-state index < -0.39 is 5.97 Å². The van der Waals surface area contributed by atoms with Gasteiger partial charge in [-0.2, -0.15) is 5.10 Å². The zero-order valence-electron chi connectivity index (χ0n) is 13.0. The van der Waals surface area contributed by atoms with Crippen LogP contribution in [-0.2, 0) is 5.54 Å². The van der Waals surface area contributed by atoms with Gasteiger partial charge in [0.15, 0.2) is 5.69 Å². The monoisotopic (exact) mass is 318 g/mol. The third-order valence-electron chi connectivity index (χ3n) is 3.60. The van der Waals surface area contributed by atoms with E-state index in [4.69, 9.17) is 16.3 Å². The van der Waals surface area contributed by atoms with Gasteiger partial charge in [-0.3, -0.25) is 4.68 Å². The Kier molecular flexibility index (Phi) is 3.73. The summed E-state index contributed by atoms with van der Waals surface area (Å²) in [7, 11) is 0. The van der Waals surface area contributed by atoms with Crippen molar-refractivity contribution in [3.05, 3.63) is 46.7 Å². The van der Waals surface area contributed by atoms with E-state index >= 15 is 0 Å². The summed E-state index contributed by atoms with van der Waals surface area (Å²) in [6.07, 6.45) is 2.32. The van der Waals surface area contributed by atoms with Gasteiger partial charge in [0.25, 0.3) is 0 Å². The second-order valence-corrected chi connectivity index (χ2v) is 7.09. The molecule has 1 fully saturated rings. The molecule has 0 amide bonds. The maximum absolute atomic E-state index is 12.3. The predicted octanol–water partition coefficient (Wildman–Crippen LogP) is 4.39. The van der Waals surface area contributed by atoms with Gasteiger partial charge < -0.3 is 4.74 Å². The summed E-state index contributed by atoms with van der Waals surface area (Å²) in [5.41, 5.74) is 1.32. The van der Waals surface area contributed by atoms with Gasteiger partial charge in [0.05, 0.1) is 5.54 Å². The first kappa shape index (κ1) is 15.1. The molecule has 1 aliphatic carbocycles. The zero-order valence-corrected chi connectivity index (χ0v) is 13.7. The van der Waals surface area contributed by atoms with Gasteiger partial charge in [-0.05, 0) is 63.9 Å². The molecule has 1 saturated carbocycles. The van der Waals surface area contributed by atoms with Crippen LogP contribution in [0.25, 0.3) is 0 Å². The van der Waals surface area contributed by atoms with Crippen LogP contribution in [0.1, 0.15) is 55.7 Å². The Morgan fingerprint density at radius 1 is 1.27 bits per heavy atom. The molecule has 2 aromatic rings. The van der Waals surface area contributed by atoms with Crippen molar-refractivity contribution in [3.63, 3.8) is 0 Å². The molecule has 3 rings (SSSR count). The summed E-state index contributed by atoms with van der Waals surface area (Å²) in [4.78, 5) is 12.3. The third kappa shape index (κ3) is 3.17. The number of ether oxygens (including phenoxy) is 1. The van der Waals surface area contributed by atoms with Crippen LogP contribution in [0.2, 0.25) is 5.02 Å². The fourth-order valence-corrected chi connectivity index (χ4v) is 2.49. The highest BCUT2D eigenvalue weighted by Gasteiger charge is 2.32. The van der Waals surface area contributed by atoms with E-state index in [1.165, 1.54) is 0 Å². The van der Waals surface area contributed by atoms with Gasteiger partial charge in [0.2, 0.25) is 0 Å². The molecule has 0 saturated heterocycles. The van der Waals surface area contributed by atoms with Crippen molar-refractivity contribution in [3.8, 4) is 5.75 Å². The second-order valence-electron chi connectivity index (χ2n) is 6.65. The first-order chi connectivity index (χ1) is 10.3. The van der Waals surface area contributed by atoms with Gasteiger partial charge in [-0.25, -0.2) is 4.79 Å². The van der Waals surface area contributed by atoms with E-state index in [0.29, 0.717) is 22.4 Å². The zero-order chi connectivity index (χ0) is 15.9. The van der Waals surface area contributed by atoms with Crippen molar-refractivity contribution in [2.45, 2.75) is 45.1 Å². The average molecular weight is 319 g/mol. The molecule has 4 nitrogen and oxygen atoms in total. The highest BCUT2D eigenvalue weighted by atomic mass is 35.5. The summed E-state index contributed by atoms with van der Waals surface area (Å²) in [5.74, 6) is 0.545. The van der Waals surface area contributed by atoms with Crippen LogP contribution in [0, 0.1) is 0 Å². The Morgan fingerprint density at radius 3 is 2.45 bits per heavy atom. The summed E-state index contributed by atoms with van der Waals surface area (Å²) in [5, 5.41) is 5.08. The molecule has 1 aromatic carbocycles. The standard InChI is InChI=1S/C17H19ClN2O2/c1-17(2,3)20-15(11-4-5-11)10-14(19-20)16(21)22-13-8-6-12(18)7-9-13/h6-11H,4-5H2,1-3H3. The highest BCUT2D eigenvalue weighted by molar-refractivity contribution is 6.30. The van der Waals surface area contributed by atoms with Crippen LogP contribution < -0.4 is 4.74 Å². The molecule has 0 radical (unpaired) electrons. The number of halogens is 1. The lowest BCUT2D eigenvalue weighted by Gasteiger charge is -2.22. The number of nitrogens with zero attached hydrogens (tertiary/aromatic N) is 2. The molecule has 0 atom stereocenters. The normalized spacial score (nSPS) is 14.9. The lowest BCUT2D eigenvalue weighted by atomic mass is 10.1. The molecular formula is C17H19ClN2O2. The minimum Gasteiger partial charge on any atom is -0.422 e. The molecule has 0 unspecified atom stereocenters.